The molecule has 1 amide bonds. The molecule has 0 aromatic heterocycles. The summed E-state index contributed by atoms with van der Waals surface area (Å²) in [4.78, 5) is 22.2. The van der Waals surface area contributed by atoms with E-state index in [2.05, 4.69) is 5.32 Å². The van der Waals surface area contributed by atoms with E-state index < -0.39 is 6.04 Å². The Labute approximate surface area is 84.3 Å². The van der Waals surface area contributed by atoms with Crippen molar-refractivity contribution in [1.82, 2.24) is 5.32 Å². The SMILES string of the molecule is O=C1NC(c2ccc(O)cc2)C(=O)S1. The number of hydrogen-bond acceptors (Lipinski definition) is 4. The van der Waals surface area contributed by atoms with Gasteiger partial charge in [-0.25, -0.2) is 0 Å². The van der Waals surface area contributed by atoms with Gasteiger partial charge in [0.25, 0.3) is 5.24 Å². The maximum atomic E-state index is 11.3. The molecule has 4 nitrogen and oxygen atoms in total. The Kier molecular flexibility index (Phi) is 2.17. The van der Waals surface area contributed by atoms with Gasteiger partial charge < -0.3 is 10.4 Å². The fourth-order valence-corrected chi connectivity index (χ4v) is 1.92. The van der Waals surface area contributed by atoms with Crippen LogP contribution in [0.1, 0.15) is 11.6 Å². The average molecular weight is 209 g/mol. The number of phenolic OH excluding ortho intramolecular Hbond substituents is 1. The summed E-state index contributed by atoms with van der Waals surface area (Å²) in [5.74, 6) is 0.137. The van der Waals surface area contributed by atoms with Gasteiger partial charge in [0.05, 0.1) is 0 Å². The zero-order valence-electron chi connectivity index (χ0n) is 7.06. The van der Waals surface area contributed by atoms with Gasteiger partial charge in [-0.05, 0) is 17.7 Å². The molecule has 1 saturated heterocycles. The number of phenols is 1. The summed E-state index contributed by atoms with van der Waals surface area (Å²) >= 11 is 0.676. The van der Waals surface area contributed by atoms with Crippen LogP contribution in [0.4, 0.5) is 4.79 Å². The molecule has 5 heteroatoms. The van der Waals surface area contributed by atoms with E-state index in [4.69, 9.17) is 5.11 Å². The van der Waals surface area contributed by atoms with E-state index in [0.717, 1.165) is 0 Å². The van der Waals surface area contributed by atoms with E-state index in [1.807, 2.05) is 0 Å². The van der Waals surface area contributed by atoms with Crippen LogP contribution in [-0.2, 0) is 4.79 Å². The third-order valence-electron chi connectivity index (χ3n) is 1.92. The average Bonchev–Trinajstić information content (AvgIpc) is 2.47. The summed E-state index contributed by atoms with van der Waals surface area (Å²) in [6, 6.07) is 5.62. The molecule has 2 N–H and O–H groups in total. The van der Waals surface area contributed by atoms with Gasteiger partial charge in [-0.3, -0.25) is 9.59 Å². The monoisotopic (exact) mass is 209 g/mol. The molecule has 1 aliphatic rings. The Hall–Kier alpha value is -1.49. The Bertz CT molecular complexity index is 388. The fourth-order valence-electron chi connectivity index (χ4n) is 1.24. The zero-order valence-corrected chi connectivity index (χ0v) is 7.88. The standard InChI is InChI=1S/C9H7NO3S/c11-6-3-1-5(2-4-6)7-8(12)14-9(13)10-7/h1-4,7,11H,(H,10,13). The molecule has 0 saturated carbocycles. The van der Waals surface area contributed by atoms with Crippen LogP contribution in [0.2, 0.25) is 0 Å². The van der Waals surface area contributed by atoms with Gasteiger partial charge in [0.2, 0.25) is 5.12 Å². The highest BCUT2D eigenvalue weighted by Crippen LogP contribution is 2.28. The largest absolute Gasteiger partial charge is 0.508 e. The van der Waals surface area contributed by atoms with Crippen LogP contribution in [-0.4, -0.2) is 15.5 Å². The Morgan fingerprint density at radius 3 is 2.36 bits per heavy atom. The summed E-state index contributed by atoms with van der Waals surface area (Å²) in [6.45, 7) is 0. The van der Waals surface area contributed by atoms with Crippen molar-refractivity contribution in [2.75, 3.05) is 0 Å². The molecule has 1 heterocycles. The highest BCUT2D eigenvalue weighted by atomic mass is 32.2. The van der Waals surface area contributed by atoms with E-state index in [9.17, 15) is 9.59 Å². The Balaban J connectivity index is 2.27. The van der Waals surface area contributed by atoms with Crippen molar-refractivity contribution in [2.45, 2.75) is 6.04 Å². The first-order valence-corrected chi connectivity index (χ1v) is 4.79. The molecule has 2 rings (SSSR count). The lowest BCUT2D eigenvalue weighted by Crippen LogP contribution is -2.19. The number of nitrogens with one attached hydrogen (secondary N) is 1. The number of thioether (sulfide) groups is 1. The van der Waals surface area contributed by atoms with E-state index in [1.165, 1.54) is 12.1 Å². The molecule has 1 unspecified atom stereocenters. The minimum Gasteiger partial charge on any atom is -0.508 e. The second-order valence-electron chi connectivity index (χ2n) is 2.88. The summed E-state index contributed by atoms with van der Waals surface area (Å²) < 4.78 is 0. The predicted octanol–water partition coefficient (Wildman–Crippen LogP) is 1.42. The van der Waals surface area contributed by atoms with Crippen LogP contribution in [0.25, 0.3) is 0 Å². The van der Waals surface area contributed by atoms with Crippen LogP contribution < -0.4 is 5.32 Å². The first kappa shape index (κ1) is 9.08. The van der Waals surface area contributed by atoms with Gasteiger partial charge in [-0.1, -0.05) is 12.1 Å². The smallest absolute Gasteiger partial charge is 0.287 e. The fraction of sp³-hybridized carbons (Fsp3) is 0.111. The van der Waals surface area contributed by atoms with Crippen molar-refractivity contribution in [3.63, 3.8) is 0 Å². The lowest BCUT2D eigenvalue weighted by molar-refractivity contribution is -0.112. The lowest BCUT2D eigenvalue weighted by atomic mass is 10.1. The van der Waals surface area contributed by atoms with Crippen LogP contribution in [0.15, 0.2) is 24.3 Å². The summed E-state index contributed by atoms with van der Waals surface area (Å²) in [5, 5.41) is 11.0. The molecule has 0 aliphatic carbocycles. The van der Waals surface area contributed by atoms with Gasteiger partial charge >= 0.3 is 0 Å². The van der Waals surface area contributed by atoms with Gasteiger partial charge in [0.1, 0.15) is 11.8 Å². The molecular formula is C9H7NO3S. The molecule has 1 fully saturated rings. The van der Waals surface area contributed by atoms with Crippen molar-refractivity contribution in [3.05, 3.63) is 29.8 Å². The molecule has 0 radical (unpaired) electrons. The molecule has 1 aromatic carbocycles. The van der Waals surface area contributed by atoms with Crippen LogP contribution >= 0.6 is 11.8 Å². The normalized spacial score (nSPS) is 21.0. The topological polar surface area (TPSA) is 66.4 Å². The molecule has 1 aliphatic heterocycles. The maximum absolute atomic E-state index is 11.3. The van der Waals surface area contributed by atoms with Gasteiger partial charge in [-0.15, -0.1) is 0 Å². The number of amides is 1. The summed E-state index contributed by atoms with van der Waals surface area (Å²) in [7, 11) is 0. The maximum Gasteiger partial charge on any atom is 0.287 e. The van der Waals surface area contributed by atoms with Crippen molar-refractivity contribution in [2.24, 2.45) is 0 Å². The quantitative estimate of drug-likeness (QED) is 0.734. The number of benzene rings is 1. The van der Waals surface area contributed by atoms with Gasteiger partial charge in [0.15, 0.2) is 0 Å². The number of rotatable bonds is 1. The van der Waals surface area contributed by atoms with Crippen LogP contribution in [0, 0.1) is 0 Å². The van der Waals surface area contributed by atoms with E-state index in [0.29, 0.717) is 17.3 Å². The Morgan fingerprint density at radius 1 is 1.21 bits per heavy atom. The molecule has 1 aromatic rings. The molecule has 14 heavy (non-hydrogen) atoms. The van der Waals surface area contributed by atoms with E-state index >= 15 is 0 Å². The highest BCUT2D eigenvalue weighted by Gasteiger charge is 2.32. The van der Waals surface area contributed by atoms with E-state index in [-0.39, 0.29) is 16.1 Å². The minimum atomic E-state index is -0.576. The van der Waals surface area contributed by atoms with Crippen molar-refractivity contribution in [1.29, 1.82) is 0 Å². The van der Waals surface area contributed by atoms with Crippen LogP contribution in [0.5, 0.6) is 5.75 Å². The third-order valence-corrected chi connectivity index (χ3v) is 2.66. The molecule has 1 atom stereocenters. The van der Waals surface area contributed by atoms with E-state index in [1.54, 1.807) is 12.1 Å². The molecular weight excluding hydrogens is 202 g/mol. The van der Waals surface area contributed by atoms with Crippen molar-refractivity contribution >= 4 is 22.1 Å². The van der Waals surface area contributed by atoms with Gasteiger partial charge in [-0.2, -0.15) is 0 Å². The first-order chi connectivity index (χ1) is 6.66. The molecule has 0 spiro atoms. The van der Waals surface area contributed by atoms with Crippen molar-refractivity contribution in [3.8, 4) is 5.75 Å². The predicted molar refractivity (Wildman–Crippen MR) is 52.0 cm³/mol. The molecule has 72 valence electrons. The second-order valence-corrected chi connectivity index (χ2v) is 3.85. The highest BCUT2D eigenvalue weighted by molar-refractivity contribution is 8.26. The minimum absolute atomic E-state index is 0.137. The number of hydrogen-bond donors (Lipinski definition) is 2. The Morgan fingerprint density at radius 2 is 1.86 bits per heavy atom. The molecule has 0 bridgehead atoms. The zero-order chi connectivity index (χ0) is 10.1. The summed E-state index contributed by atoms with van der Waals surface area (Å²) in [5.41, 5.74) is 0.686. The lowest BCUT2D eigenvalue weighted by Gasteiger charge is -2.07. The van der Waals surface area contributed by atoms with Crippen LogP contribution in [0.3, 0.4) is 0 Å². The number of carbonyl (C=O) groups is 2. The number of carbonyl (C=O) groups excluding carboxylic acids is 2. The second kappa shape index (κ2) is 3.34. The third kappa shape index (κ3) is 1.58. The van der Waals surface area contributed by atoms with Gasteiger partial charge in [0, 0.05) is 11.8 Å². The van der Waals surface area contributed by atoms with Crippen molar-refractivity contribution < 1.29 is 14.7 Å². The summed E-state index contributed by atoms with van der Waals surface area (Å²) in [6.07, 6.45) is 0. The first-order valence-electron chi connectivity index (χ1n) is 3.98. The number of aromatic hydroxyl groups is 1.